The second-order valence-electron chi connectivity index (χ2n) is 12.3. The normalized spacial score (nSPS) is 10.9. The van der Waals surface area contributed by atoms with Crippen LogP contribution in [0.5, 0.6) is 0 Å². The van der Waals surface area contributed by atoms with Gasteiger partial charge in [0.15, 0.2) is 0 Å². The first-order chi connectivity index (χ1) is 24.7. The van der Waals surface area contributed by atoms with Gasteiger partial charge in [-0.2, -0.15) is 0 Å². The minimum Gasteiger partial charge on any atom is -0.311 e. The molecule has 0 radical (unpaired) electrons. The SMILES string of the molecule is Brc1ccccc1-c1c(-c2ccccc2)cccc1-c1ccccc1-c1ccc(N(c2ccccc2)c2ccc(-c3ccccc3)cc2)cc1. The van der Waals surface area contributed by atoms with Crippen LogP contribution in [-0.2, 0) is 0 Å². The van der Waals surface area contributed by atoms with E-state index in [1.807, 2.05) is 0 Å². The van der Waals surface area contributed by atoms with Crippen molar-refractivity contribution in [2.75, 3.05) is 4.90 Å². The average Bonchev–Trinajstić information content (AvgIpc) is 3.20. The fourth-order valence-corrected chi connectivity index (χ4v) is 7.29. The van der Waals surface area contributed by atoms with E-state index in [0.29, 0.717) is 0 Å². The van der Waals surface area contributed by atoms with Crippen LogP contribution >= 0.6 is 15.9 Å². The molecule has 0 N–H and O–H groups in total. The molecule has 8 aromatic rings. The second kappa shape index (κ2) is 14.3. The van der Waals surface area contributed by atoms with Gasteiger partial charge in [-0.3, -0.25) is 0 Å². The van der Waals surface area contributed by atoms with Crippen LogP contribution in [0.4, 0.5) is 17.1 Å². The zero-order valence-electron chi connectivity index (χ0n) is 27.5. The maximum atomic E-state index is 3.88. The third kappa shape index (κ3) is 6.30. The zero-order valence-corrected chi connectivity index (χ0v) is 29.0. The summed E-state index contributed by atoms with van der Waals surface area (Å²) in [7, 11) is 0. The number of hydrogen-bond donors (Lipinski definition) is 0. The maximum Gasteiger partial charge on any atom is 0.0462 e. The van der Waals surface area contributed by atoms with Crippen molar-refractivity contribution in [3.8, 4) is 55.6 Å². The van der Waals surface area contributed by atoms with Crippen LogP contribution in [-0.4, -0.2) is 0 Å². The predicted octanol–water partition coefficient (Wildman–Crippen LogP) is 14.3. The molecule has 0 bridgehead atoms. The highest BCUT2D eigenvalue weighted by molar-refractivity contribution is 9.10. The Bertz CT molecular complexity index is 2350. The zero-order chi connectivity index (χ0) is 33.7. The van der Waals surface area contributed by atoms with Gasteiger partial charge in [0.1, 0.15) is 0 Å². The van der Waals surface area contributed by atoms with Gasteiger partial charge >= 0.3 is 0 Å². The van der Waals surface area contributed by atoms with Gasteiger partial charge in [0, 0.05) is 21.5 Å². The molecule has 2 heteroatoms. The number of nitrogens with zero attached hydrogens (tertiary/aromatic N) is 1. The lowest BCUT2D eigenvalue weighted by Crippen LogP contribution is -2.09. The Kier molecular flexibility index (Phi) is 8.93. The summed E-state index contributed by atoms with van der Waals surface area (Å²) in [5, 5.41) is 0. The Hall–Kier alpha value is -5.96. The molecule has 50 heavy (non-hydrogen) atoms. The standard InChI is InChI=1S/C48H34BrN/c49-47-26-13-12-23-46(47)48-43(37-17-6-2-7-18-37)24-14-25-45(48)44-22-11-10-21-42(44)38-29-33-41(34-30-38)50(39-19-8-3-9-20-39)40-31-27-36(28-32-40)35-15-4-1-5-16-35/h1-34H. The molecule has 238 valence electrons. The highest BCUT2D eigenvalue weighted by Gasteiger charge is 2.19. The summed E-state index contributed by atoms with van der Waals surface area (Å²) in [5.74, 6) is 0. The predicted molar refractivity (Wildman–Crippen MR) is 216 cm³/mol. The Labute approximate surface area is 302 Å². The molecule has 0 aliphatic heterocycles. The molecule has 0 heterocycles. The number of halogens is 1. The van der Waals surface area contributed by atoms with Crippen LogP contribution < -0.4 is 4.90 Å². The van der Waals surface area contributed by atoms with Crippen molar-refractivity contribution in [3.63, 3.8) is 0 Å². The Balaban J connectivity index is 1.22. The summed E-state index contributed by atoms with van der Waals surface area (Å²) in [6, 6.07) is 73.5. The number of hydrogen-bond acceptors (Lipinski definition) is 1. The van der Waals surface area contributed by atoms with Crippen molar-refractivity contribution in [3.05, 3.63) is 211 Å². The molecule has 0 aliphatic carbocycles. The van der Waals surface area contributed by atoms with Gasteiger partial charge in [-0.25, -0.2) is 0 Å². The van der Waals surface area contributed by atoms with E-state index in [1.54, 1.807) is 0 Å². The van der Waals surface area contributed by atoms with E-state index in [0.717, 1.165) is 21.5 Å². The van der Waals surface area contributed by atoms with Crippen LogP contribution in [0.25, 0.3) is 55.6 Å². The van der Waals surface area contributed by atoms with Gasteiger partial charge < -0.3 is 4.90 Å². The summed E-state index contributed by atoms with van der Waals surface area (Å²) >= 11 is 3.88. The number of para-hydroxylation sites is 1. The minimum absolute atomic E-state index is 1.07. The first-order valence-corrected chi connectivity index (χ1v) is 17.7. The molecular weight excluding hydrogens is 670 g/mol. The van der Waals surface area contributed by atoms with E-state index in [4.69, 9.17) is 0 Å². The van der Waals surface area contributed by atoms with E-state index in [9.17, 15) is 0 Å². The van der Waals surface area contributed by atoms with Crippen molar-refractivity contribution < 1.29 is 0 Å². The Morgan fingerprint density at radius 2 is 0.660 bits per heavy atom. The summed E-state index contributed by atoms with van der Waals surface area (Å²) in [4.78, 5) is 2.32. The molecule has 0 spiro atoms. The average molecular weight is 705 g/mol. The van der Waals surface area contributed by atoms with Gasteiger partial charge in [-0.1, -0.05) is 180 Å². The van der Waals surface area contributed by atoms with Crippen LogP contribution in [0.15, 0.2) is 211 Å². The largest absolute Gasteiger partial charge is 0.311 e. The molecule has 0 aliphatic rings. The third-order valence-corrected chi connectivity index (χ3v) is 9.88. The van der Waals surface area contributed by atoms with E-state index in [2.05, 4.69) is 227 Å². The lowest BCUT2D eigenvalue weighted by atomic mass is 9.85. The lowest BCUT2D eigenvalue weighted by molar-refractivity contribution is 1.28. The van der Waals surface area contributed by atoms with Crippen molar-refractivity contribution >= 4 is 33.0 Å². The maximum absolute atomic E-state index is 3.88. The molecule has 0 fully saturated rings. The van der Waals surface area contributed by atoms with Gasteiger partial charge in [-0.15, -0.1) is 0 Å². The van der Waals surface area contributed by atoms with Crippen LogP contribution in [0, 0.1) is 0 Å². The van der Waals surface area contributed by atoms with E-state index < -0.39 is 0 Å². The fourth-order valence-electron chi connectivity index (χ4n) is 6.81. The van der Waals surface area contributed by atoms with Crippen LogP contribution in [0.2, 0.25) is 0 Å². The molecule has 0 amide bonds. The van der Waals surface area contributed by atoms with Crippen molar-refractivity contribution in [2.24, 2.45) is 0 Å². The highest BCUT2D eigenvalue weighted by atomic mass is 79.9. The van der Waals surface area contributed by atoms with Gasteiger partial charge in [-0.05, 0) is 98.1 Å². The highest BCUT2D eigenvalue weighted by Crippen LogP contribution is 2.45. The summed E-state index contributed by atoms with van der Waals surface area (Å²) in [6.07, 6.45) is 0. The molecule has 1 nitrogen and oxygen atoms in total. The van der Waals surface area contributed by atoms with Crippen LogP contribution in [0.1, 0.15) is 0 Å². The molecule has 0 atom stereocenters. The first kappa shape index (κ1) is 31.3. The Morgan fingerprint density at radius 3 is 1.28 bits per heavy atom. The third-order valence-electron chi connectivity index (χ3n) is 9.19. The van der Waals surface area contributed by atoms with Gasteiger partial charge in [0.2, 0.25) is 0 Å². The first-order valence-electron chi connectivity index (χ1n) is 16.9. The van der Waals surface area contributed by atoms with Crippen molar-refractivity contribution in [2.45, 2.75) is 0 Å². The number of benzene rings is 8. The smallest absolute Gasteiger partial charge is 0.0462 e. The second-order valence-corrected chi connectivity index (χ2v) is 13.1. The molecule has 0 aromatic heterocycles. The van der Waals surface area contributed by atoms with Gasteiger partial charge in [0.25, 0.3) is 0 Å². The molecule has 0 unspecified atom stereocenters. The Morgan fingerprint density at radius 1 is 0.260 bits per heavy atom. The summed E-state index contributed by atoms with van der Waals surface area (Å²) in [5.41, 5.74) is 15.3. The monoisotopic (exact) mass is 703 g/mol. The van der Waals surface area contributed by atoms with Crippen molar-refractivity contribution in [1.29, 1.82) is 0 Å². The quantitative estimate of drug-likeness (QED) is 0.152. The van der Waals surface area contributed by atoms with E-state index in [1.165, 1.54) is 55.6 Å². The summed E-state index contributed by atoms with van der Waals surface area (Å²) in [6.45, 7) is 0. The van der Waals surface area contributed by atoms with Crippen LogP contribution in [0.3, 0.4) is 0 Å². The molecule has 8 rings (SSSR count). The minimum atomic E-state index is 1.07. The molecule has 0 saturated heterocycles. The topological polar surface area (TPSA) is 3.24 Å². The summed E-state index contributed by atoms with van der Waals surface area (Å²) < 4.78 is 1.07. The fraction of sp³-hybridized carbons (Fsp3) is 0. The number of anilines is 3. The van der Waals surface area contributed by atoms with E-state index >= 15 is 0 Å². The lowest BCUT2D eigenvalue weighted by Gasteiger charge is -2.26. The van der Waals surface area contributed by atoms with Gasteiger partial charge in [0.05, 0.1) is 0 Å². The van der Waals surface area contributed by atoms with Crippen molar-refractivity contribution in [1.82, 2.24) is 0 Å². The molecule has 0 saturated carbocycles. The molecular formula is C48H34BrN. The number of rotatable bonds is 8. The molecule has 8 aromatic carbocycles. The van der Waals surface area contributed by atoms with E-state index in [-0.39, 0.29) is 0 Å².